The van der Waals surface area contributed by atoms with E-state index in [1.165, 1.54) is 9.75 Å². The standard InChI is InChI=1S/C14H26N2S/c1-5-11-6-7-12(17-11)10-16-9-8-13(15)14(2,3)4/h6-7,13,16H,5,8-10,15H2,1-4H3. The molecule has 0 spiro atoms. The van der Waals surface area contributed by atoms with E-state index in [4.69, 9.17) is 5.73 Å². The molecule has 1 unspecified atom stereocenters. The highest BCUT2D eigenvalue weighted by molar-refractivity contribution is 7.11. The fourth-order valence-corrected chi connectivity index (χ4v) is 2.54. The molecule has 1 rings (SSSR count). The number of thiophene rings is 1. The third kappa shape index (κ3) is 5.19. The van der Waals surface area contributed by atoms with E-state index in [1.54, 1.807) is 0 Å². The average molecular weight is 254 g/mol. The van der Waals surface area contributed by atoms with E-state index in [9.17, 15) is 0 Å². The van der Waals surface area contributed by atoms with Crippen LogP contribution in [0.15, 0.2) is 12.1 Å². The Bertz CT molecular complexity index is 325. The maximum absolute atomic E-state index is 6.12. The molecule has 2 nitrogen and oxygen atoms in total. The minimum absolute atomic E-state index is 0.208. The molecule has 0 bridgehead atoms. The molecule has 17 heavy (non-hydrogen) atoms. The lowest BCUT2D eigenvalue weighted by atomic mass is 9.85. The number of nitrogens with one attached hydrogen (secondary N) is 1. The van der Waals surface area contributed by atoms with Gasteiger partial charge in [0.05, 0.1) is 0 Å². The zero-order chi connectivity index (χ0) is 12.9. The van der Waals surface area contributed by atoms with E-state index in [0.717, 1.165) is 25.9 Å². The Morgan fingerprint density at radius 2 is 1.94 bits per heavy atom. The molecule has 0 radical (unpaired) electrons. The van der Waals surface area contributed by atoms with Crippen LogP contribution in [-0.4, -0.2) is 12.6 Å². The van der Waals surface area contributed by atoms with E-state index in [1.807, 2.05) is 11.3 Å². The van der Waals surface area contributed by atoms with Crippen LogP contribution >= 0.6 is 11.3 Å². The second-order valence-electron chi connectivity index (χ2n) is 5.66. The van der Waals surface area contributed by atoms with Crippen molar-refractivity contribution in [1.82, 2.24) is 5.32 Å². The van der Waals surface area contributed by atoms with E-state index in [-0.39, 0.29) is 11.5 Å². The maximum atomic E-state index is 6.12. The smallest absolute Gasteiger partial charge is 0.0299 e. The lowest BCUT2D eigenvalue weighted by molar-refractivity contribution is 0.302. The molecule has 98 valence electrons. The highest BCUT2D eigenvalue weighted by atomic mass is 32.1. The fourth-order valence-electron chi connectivity index (χ4n) is 1.61. The number of aryl methyl sites for hydroxylation is 1. The van der Waals surface area contributed by atoms with Crippen LogP contribution < -0.4 is 11.1 Å². The van der Waals surface area contributed by atoms with Crippen molar-refractivity contribution in [2.24, 2.45) is 11.1 Å². The molecule has 0 fully saturated rings. The molecule has 0 aromatic carbocycles. The van der Waals surface area contributed by atoms with Crippen molar-refractivity contribution in [2.45, 2.75) is 53.1 Å². The Morgan fingerprint density at radius 1 is 1.29 bits per heavy atom. The summed E-state index contributed by atoms with van der Waals surface area (Å²) in [5.41, 5.74) is 6.33. The molecule has 0 saturated carbocycles. The highest BCUT2D eigenvalue weighted by Crippen LogP contribution is 2.19. The van der Waals surface area contributed by atoms with Gasteiger partial charge in [0.25, 0.3) is 0 Å². The minimum Gasteiger partial charge on any atom is -0.327 e. The van der Waals surface area contributed by atoms with Gasteiger partial charge in [0.1, 0.15) is 0 Å². The predicted octanol–water partition coefficient (Wildman–Crippen LogP) is 3.16. The van der Waals surface area contributed by atoms with Gasteiger partial charge in [0.2, 0.25) is 0 Å². The van der Waals surface area contributed by atoms with Gasteiger partial charge in [0.15, 0.2) is 0 Å². The number of hydrogen-bond donors (Lipinski definition) is 2. The van der Waals surface area contributed by atoms with Crippen molar-refractivity contribution < 1.29 is 0 Å². The Kier molecular flexibility index (Phi) is 5.63. The van der Waals surface area contributed by atoms with Crippen LogP contribution in [0.5, 0.6) is 0 Å². The van der Waals surface area contributed by atoms with Crippen LogP contribution in [0.3, 0.4) is 0 Å². The summed E-state index contributed by atoms with van der Waals surface area (Å²) in [5.74, 6) is 0. The first-order chi connectivity index (χ1) is 7.93. The summed E-state index contributed by atoms with van der Waals surface area (Å²) in [4.78, 5) is 2.89. The van der Waals surface area contributed by atoms with Gasteiger partial charge in [-0.3, -0.25) is 0 Å². The van der Waals surface area contributed by atoms with Crippen molar-refractivity contribution in [1.29, 1.82) is 0 Å². The van der Waals surface area contributed by atoms with Gasteiger partial charge in [-0.15, -0.1) is 11.3 Å². The molecule has 1 atom stereocenters. The van der Waals surface area contributed by atoms with Crippen molar-refractivity contribution in [3.05, 3.63) is 21.9 Å². The van der Waals surface area contributed by atoms with Crippen LogP contribution in [0.4, 0.5) is 0 Å². The summed E-state index contributed by atoms with van der Waals surface area (Å²) >= 11 is 1.90. The predicted molar refractivity (Wildman–Crippen MR) is 77.5 cm³/mol. The Balaban J connectivity index is 2.20. The van der Waals surface area contributed by atoms with Gasteiger partial charge < -0.3 is 11.1 Å². The maximum Gasteiger partial charge on any atom is 0.0299 e. The Hall–Kier alpha value is -0.380. The van der Waals surface area contributed by atoms with Gasteiger partial charge in [-0.2, -0.15) is 0 Å². The van der Waals surface area contributed by atoms with Gasteiger partial charge in [-0.25, -0.2) is 0 Å². The zero-order valence-corrected chi connectivity index (χ0v) is 12.4. The zero-order valence-electron chi connectivity index (χ0n) is 11.5. The number of nitrogens with two attached hydrogens (primary N) is 1. The second-order valence-corrected chi connectivity index (χ2v) is 6.91. The molecular weight excluding hydrogens is 228 g/mol. The molecule has 0 amide bonds. The van der Waals surface area contributed by atoms with Gasteiger partial charge >= 0.3 is 0 Å². The van der Waals surface area contributed by atoms with E-state index in [2.05, 4.69) is 45.1 Å². The molecule has 1 aromatic rings. The van der Waals surface area contributed by atoms with Gasteiger partial charge in [-0.05, 0) is 36.9 Å². The minimum atomic E-state index is 0.208. The SMILES string of the molecule is CCc1ccc(CNCCC(N)C(C)(C)C)s1. The molecule has 0 aliphatic rings. The quantitative estimate of drug-likeness (QED) is 0.765. The van der Waals surface area contributed by atoms with E-state index in [0.29, 0.717) is 0 Å². The lowest BCUT2D eigenvalue weighted by Crippen LogP contribution is -2.37. The van der Waals surface area contributed by atoms with E-state index >= 15 is 0 Å². The summed E-state index contributed by atoms with van der Waals surface area (Å²) < 4.78 is 0. The van der Waals surface area contributed by atoms with Crippen molar-refractivity contribution in [2.75, 3.05) is 6.54 Å². The van der Waals surface area contributed by atoms with Gasteiger partial charge in [-0.1, -0.05) is 27.7 Å². The molecule has 3 heteroatoms. The molecule has 0 saturated heterocycles. The summed E-state index contributed by atoms with van der Waals surface area (Å²) in [6, 6.07) is 4.72. The first kappa shape index (κ1) is 14.7. The molecule has 0 aliphatic carbocycles. The number of rotatable bonds is 6. The number of hydrogen-bond acceptors (Lipinski definition) is 3. The summed E-state index contributed by atoms with van der Waals surface area (Å²) in [6.07, 6.45) is 2.18. The second kappa shape index (κ2) is 6.53. The third-order valence-corrected chi connectivity index (χ3v) is 4.34. The normalized spacial score (nSPS) is 13.9. The molecule has 3 N–H and O–H groups in total. The third-order valence-electron chi connectivity index (χ3n) is 3.11. The summed E-state index contributed by atoms with van der Waals surface area (Å²) in [7, 11) is 0. The van der Waals surface area contributed by atoms with E-state index < -0.39 is 0 Å². The Labute approximate surface area is 110 Å². The molecule has 1 heterocycles. The van der Waals surface area contributed by atoms with Crippen LogP contribution in [0.1, 0.15) is 43.9 Å². The first-order valence-electron chi connectivity index (χ1n) is 6.47. The van der Waals surface area contributed by atoms with Crippen molar-refractivity contribution >= 4 is 11.3 Å². The van der Waals surface area contributed by atoms with Gasteiger partial charge in [0, 0.05) is 22.3 Å². The monoisotopic (exact) mass is 254 g/mol. The van der Waals surface area contributed by atoms with Crippen molar-refractivity contribution in [3.63, 3.8) is 0 Å². The lowest BCUT2D eigenvalue weighted by Gasteiger charge is -2.27. The molecular formula is C14H26N2S. The topological polar surface area (TPSA) is 38.0 Å². The van der Waals surface area contributed by atoms with Crippen LogP contribution in [-0.2, 0) is 13.0 Å². The average Bonchev–Trinajstić information content (AvgIpc) is 2.70. The molecule has 1 aromatic heterocycles. The van der Waals surface area contributed by atoms with Crippen molar-refractivity contribution in [3.8, 4) is 0 Å². The Morgan fingerprint density at radius 3 is 2.47 bits per heavy atom. The molecule has 0 aliphatic heterocycles. The van der Waals surface area contributed by atoms with Crippen LogP contribution in [0.2, 0.25) is 0 Å². The summed E-state index contributed by atoms with van der Waals surface area (Å²) in [5, 5.41) is 3.47. The largest absolute Gasteiger partial charge is 0.327 e. The first-order valence-corrected chi connectivity index (χ1v) is 7.29. The van der Waals surface area contributed by atoms with Crippen LogP contribution in [0, 0.1) is 5.41 Å². The fraction of sp³-hybridized carbons (Fsp3) is 0.714. The summed E-state index contributed by atoms with van der Waals surface area (Å²) in [6.45, 7) is 10.8. The highest BCUT2D eigenvalue weighted by Gasteiger charge is 2.19. The van der Waals surface area contributed by atoms with Crippen LogP contribution in [0.25, 0.3) is 0 Å².